The highest BCUT2D eigenvalue weighted by atomic mass is 32.2. The molecule has 0 saturated carbocycles. The molecule has 19 heavy (non-hydrogen) atoms. The number of ether oxygens (including phenoxy) is 1. The first-order valence-electron chi connectivity index (χ1n) is 6.34. The number of thioether (sulfide) groups is 1. The summed E-state index contributed by atoms with van der Waals surface area (Å²) in [4.78, 5) is 18.3. The van der Waals surface area contributed by atoms with E-state index in [-0.39, 0.29) is 5.91 Å². The van der Waals surface area contributed by atoms with Crippen LogP contribution in [0.25, 0.3) is 0 Å². The molecular weight excluding hydrogens is 260 g/mol. The topological polar surface area (TPSA) is 32.8 Å². The van der Waals surface area contributed by atoms with Crippen LogP contribution in [0.5, 0.6) is 0 Å². The van der Waals surface area contributed by atoms with Crippen molar-refractivity contribution in [3.05, 3.63) is 35.4 Å². The van der Waals surface area contributed by atoms with E-state index in [1.807, 2.05) is 35.2 Å². The van der Waals surface area contributed by atoms with Crippen LogP contribution in [0.15, 0.2) is 40.3 Å². The number of morpholine rings is 1. The number of benzene rings is 1. The van der Waals surface area contributed by atoms with Crippen LogP contribution >= 0.6 is 11.8 Å². The summed E-state index contributed by atoms with van der Waals surface area (Å²) < 4.78 is 5.28. The molecule has 1 saturated heterocycles. The zero-order chi connectivity index (χ0) is 13.2. The van der Waals surface area contributed by atoms with E-state index in [1.165, 1.54) is 0 Å². The van der Waals surface area contributed by atoms with E-state index in [0.29, 0.717) is 26.3 Å². The highest BCUT2D eigenvalue weighted by Crippen LogP contribution is 2.39. The predicted octanol–water partition coefficient (Wildman–Crippen LogP) is 1.93. The van der Waals surface area contributed by atoms with E-state index in [0.717, 1.165) is 15.5 Å². The number of carbonyl (C=O) groups is 1. The second kappa shape index (κ2) is 5.27. The molecule has 1 fully saturated rings. The van der Waals surface area contributed by atoms with Gasteiger partial charge in [0, 0.05) is 31.2 Å². The lowest BCUT2D eigenvalue weighted by Crippen LogP contribution is -2.41. The number of rotatable bonds is 1. The largest absolute Gasteiger partial charge is 0.378 e. The van der Waals surface area contributed by atoms with Crippen molar-refractivity contribution in [3.63, 3.8) is 0 Å². The molecule has 0 aromatic heterocycles. The van der Waals surface area contributed by atoms with Crippen LogP contribution in [0.4, 0.5) is 5.69 Å². The quantitative estimate of drug-likeness (QED) is 0.784. The van der Waals surface area contributed by atoms with Crippen LogP contribution in [-0.4, -0.2) is 44.2 Å². The van der Waals surface area contributed by atoms with Gasteiger partial charge in [0.1, 0.15) is 0 Å². The lowest BCUT2D eigenvalue weighted by atomic mass is 10.3. The highest BCUT2D eigenvalue weighted by Gasteiger charge is 2.25. The van der Waals surface area contributed by atoms with Crippen LogP contribution in [0.2, 0.25) is 0 Å². The molecule has 2 aliphatic heterocycles. The molecule has 0 unspecified atom stereocenters. The standard InChI is InChI=1S/C14H16N2O2S/c1-15-10-13(14(17)16-6-8-18-9-7-16)19-12-5-3-2-4-11(12)15/h2-5,10H,6-9H2,1H3. The summed E-state index contributed by atoms with van der Waals surface area (Å²) in [6, 6.07) is 8.13. The van der Waals surface area contributed by atoms with E-state index in [4.69, 9.17) is 4.74 Å². The molecule has 0 atom stereocenters. The Kier molecular flexibility index (Phi) is 3.48. The lowest BCUT2D eigenvalue weighted by molar-refractivity contribution is -0.130. The number of nitrogens with zero attached hydrogens (tertiary/aromatic N) is 2. The van der Waals surface area contributed by atoms with Gasteiger partial charge < -0.3 is 14.5 Å². The molecule has 4 nitrogen and oxygen atoms in total. The number of anilines is 1. The third-order valence-corrected chi connectivity index (χ3v) is 4.35. The SMILES string of the molecule is CN1C=C(C(=O)N2CCOCC2)Sc2ccccc21. The molecule has 2 heterocycles. The summed E-state index contributed by atoms with van der Waals surface area (Å²) in [5.41, 5.74) is 1.14. The maximum absolute atomic E-state index is 12.5. The minimum atomic E-state index is 0.106. The average Bonchev–Trinajstić information content (AvgIpc) is 2.47. The number of para-hydroxylation sites is 1. The molecule has 100 valence electrons. The van der Waals surface area contributed by atoms with Gasteiger partial charge in [-0.05, 0) is 12.1 Å². The predicted molar refractivity (Wildman–Crippen MR) is 76.2 cm³/mol. The molecule has 2 aliphatic rings. The van der Waals surface area contributed by atoms with E-state index in [1.54, 1.807) is 11.8 Å². The first-order valence-corrected chi connectivity index (χ1v) is 7.16. The van der Waals surface area contributed by atoms with Crippen molar-refractivity contribution >= 4 is 23.4 Å². The Balaban J connectivity index is 1.81. The molecule has 1 aromatic carbocycles. The van der Waals surface area contributed by atoms with Gasteiger partial charge in [-0.15, -0.1) is 0 Å². The lowest BCUT2D eigenvalue weighted by Gasteiger charge is -2.30. The molecule has 1 amide bonds. The Labute approximate surface area is 117 Å². The van der Waals surface area contributed by atoms with Gasteiger partial charge in [0.15, 0.2) is 0 Å². The number of carbonyl (C=O) groups excluding carboxylic acids is 1. The smallest absolute Gasteiger partial charge is 0.262 e. The van der Waals surface area contributed by atoms with Crippen LogP contribution in [0.3, 0.4) is 0 Å². The maximum Gasteiger partial charge on any atom is 0.262 e. The van der Waals surface area contributed by atoms with Gasteiger partial charge in [-0.1, -0.05) is 23.9 Å². The Morgan fingerprint density at radius 1 is 1.26 bits per heavy atom. The van der Waals surface area contributed by atoms with E-state index >= 15 is 0 Å². The van der Waals surface area contributed by atoms with Gasteiger partial charge >= 0.3 is 0 Å². The fraction of sp³-hybridized carbons (Fsp3) is 0.357. The van der Waals surface area contributed by atoms with Gasteiger partial charge in [-0.3, -0.25) is 4.79 Å². The zero-order valence-corrected chi connectivity index (χ0v) is 11.7. The normalized spacial score (nSPS) is 18.9. The van der Waals surface area contributed by atoms with E-state index < -0.39 is 0 Å². The van der Waals surface area contributed by atoms with Crippen molar-refractivity contribution in [1.82, 2.24) is 4.90 Å². The molecular formula is C14H16N2O2S. The Morgan fingerprint density at radius 2 is 2.00 bits per heavy atom. The summed E-state index contributed by atoms with van der Waals surface area (Å²) in [7, 11) is 1.98. The van der Waals surface area contributed by atoms with E-state index in [9.17, 15) is 4.79 Å². The van der Waals surface area contributed by atoms with Crippen molar-refractivity contribution in [2.75, 3.05) is 38.3 Å². The van der Waals surface area contributed by atoms with Crippen molar-refractivity contribution < 1.29 is 9.53 Å². The minimum absolute atomic E-state index is 0.106. The third kappa shape index (κ3) is 2.48. The van der Waals surface area contributed by atoms with Gasteiger partial charge in [0.2, 0.25) is 0 Å². The highest BCUT2D eigenvalue weighted by molar-refractivity contribution is 8.04. The number of fused-ring (bicyclic) bond motifs is 1. The number of hydrogen-bond acceptors (Lipinski definition) is 4. The van der Waals surface area contributed by atoms with Gasteiger partial charge in [-0.25, -0.2) is 0 Å². The monoisotopic (exact) mass is 276 g/mol. The maximum atomic E-state index is 12.5. The third-order valence-electron chi connectivity index (χ3n) is 3.29. The number of hydrogen-bond donors (Lipinski definition) is 0. The molecule has 0 N–H and O–H groups in total. The molecule has 0 bridgehead atoms. The van der Waals surface area contributed by atoms with Crippen LogP contribution < -0.4 is 4.90 Å². The molecule has 0 radical (unpaired) electrons. The Hall–Kier alpha value is -1.46. The summed E-state index contributed by atoms with van der Waals surface area (Å²) in [5, 5.41) is 0. The molecule has 1 aromatic rings. The van der Waals surface area contributed by atoms with Gasteiger partial charge in [0.05, 0.1) is 23.8 Å². The summed E-state index contributed by atoms with van der Waals surface area (Å²) >= 11 is 1.55. The first kappa shape index (κ1) is 12.6. The first-order chi connectivity index (χ1) is 9.25. The van der Waals surface area contributed by atoms with Gasteiger partial charge in [0.25, 0.3) is 5.91 Å². The fourth-order valence-electron chi connectivity index (χ4n) is 2.25. The van der Waals surface area contributed by atoms with Crippen molar-refractivity contribution in [2.45, 2.75) is 4.90 Å². The molecule has 3 rings (SSSR count). The number of amides is 1. The second-order valence-electron chi connectivity index (χ2n) is 4.58. The summed E-state index contributed by atoms with van der Waals surface area (Å²) in [6.45, 7) is 2.64. The van der Waals surface area contributed by atoms with Crippen LogP contribution in [0, 0.1) is 0 Å². The van der Waals surface area contributed by atoms with Crippen LogP contribution in [-0.2, 0) is 9.53 Å². The van der Waals surface area contributed by atoms with Crippen molar-refractivity contribution in [2.24, 2.45) is 0 Å². The fourth-order valence-corrected chi connectivity index (χ4v) is 3.37. The molecule has 0 spiro atoms. The second-order valence-corrected chi connectivity index (χ2v) is 5.66. The summed E-state index contributed by atoms with van der Waals surface area (Å²) in [6.07, 6.45) is 1.92. The zero-order valence-electron chi connectivity index (χ0n) is 10.8. The van der Waals surface area contributed by atoms with Crippen molar-refractivity contribution in [1.29, 1.82) is 0 Å². The van der Waals surface area contributed by atoms with E-state index in [2.05, 4.69) is 12.1 Å². The van der Waals surface area contributed by atoms with Crippen molar-refractivity contribution in [3.8, 4) is 0 Å². The molecule has 0 aliphatic carbocycles. The molecule has 5 heteroatoms. The Bertz CT molecular complexity index is 524. The minimum Gasteiger partial charge on any atom is -0.378 e. The summed E-state index contributed by atoms with van der Waals surface area (Å²) in [5.74, 6) is 0.106. The van der Waals surface area contributed by atoms with Crippen LogP contribution in [0.1, 0.15) is 0 Å². The Morgan fingerprint density at radius 3 is 2.79 bits per heavy atom. The van der Waals surface area contributed by atoms with Gasteiger partial charge in [-0.2, -0.15) is 0 Å². The average molecular weight is 276 g/mol.